The van der Waals surface area contributed by atoms with Crippen molar-refractivity contribution in [3.05, 3.63) is 59.9 Å². The van der Waals surface area contributed by atoms with Crippen LogP contribution in [0.25, 0.3) is 0 Å². The SMILES string of the molecule is COc1ccccc1[C@H]1CN(Cc2ccncc2)CCN1C(C)=O. The average Bonchev–Trinajstić information content (AvgIpc) is 2.62. The quantitative estimate of drug-likeness (QED) is 0.866. The van der Waals surface area contributed by atoms with Crippen molar-refractivity contribution >= 4 is 5.91 Å². The molecule has 5 nitrogen and oxygen atoms in total. The Balaban J connectivity index is 1.83. The Morgan fingerprint density at radius 2 is 1.96 bits per heavy atom. The molecule has 0 unspecified atom stereocenters. The van der Waals surface area contributed by atoms with Gasteiger partial charge in [0.25, 0.3) is 0 Å². The molecule has 2 aromatic rings. The number of nitrogens with zero attached hydrogens (tertiary/aromatic N) is 3. The normalized spacial score (nSPS) is 18.4. The summed E-state index contributed by atoms with van der Waals surface area (Å²) in [6.07, 6.45) is 3.64. The minimum Gasteiger partial charge on any atom is -0.496 e. The number of aromatic nitrogens is 1. The van der Waals surface area contributed by atoms with Crippen LogP contribution in [0.5, 0.6) is 5.75 Å². The zero-order chi connectivity index (χ0) is 16.9. The number of amides is 1. The maximum Gasteiger partial charge on any atom is 0.220 e. The highest BCUT2D eigenvalue weighted by Gasteiger charge is 2.31. The van der Waals surface area contributed by atoms with Crippen molar-refractivity contribution in [2.45, 2.75) is 19.5 Å². The summed E-state index contributed by atoms with van der Waals surface area (Å²) in [7, 11) is 1.68. The molecule has 0 saturated carbocycles. The maximum atomic E-state index is 12.1. The fourth-order valence-corrected chi connectivity index (χ4v) is 3.31. The standard InChI is InChI=1S/C19H23N3O2/c1-15(23)22-12-11-21(13-16-7-9-20-10-8-16)14-18(22)17-5-3-4-6-19(17)24-2/h3-10,18H,11-14H2,1-2H3/t18-/m1/s1. The van der Waals surface area contributed by atoms with E-state index in [2.05, 4.69) is 16.0 Å². The zero-order valence-corrected chi connectivity index (χ0v) is 14.2. The van der Waals surface area contributed by atoms with Gasteiger partial charge in [-0.2, -0.15) is 0 Å². The summed E-state index contributed by atoms with van der Waals surface area (Å²) in [6.45, 7) is 4.89. The first-order valence-corrected chi connectivity index (χ1v) is 8.20. The highest BCUT2D eigenvalue weighted by atomic mass is 16.5. The molecule has 1 aromatic carbocycles. The fourth-order valence-electron chi connectivity index (χ4n) is 3.31. The van der Waals surface area contributed by atoms with Crippen molar-refractivity contribution in [1.82, 2.24) is 14.8 Å². The Morgan fingerprint density at radius 3 is 2.67 bits per heavy atom. The zero-order valence-electron chi connectivity index (χ0n) is 14.2. The first-order valence-electron chi connectivity index (χ1n) is 8.20. The Hall–Kier alpha value is -2.40. The topological polar surface area (TPSA) is 45.7 Å². The number of rotatable bonds is 4. The van der Waals surface area contributed by atoms with Crippen molar-refractivity contribution < 1.29 is 9.53 Å². The lowest BCUT2D eigenvalue weighted by molar-refractivity contribution is -0.134. The molecule has 0 N–H and O–H groups in total. The van der Waals surface area contributed by atoms with E-state index in [4.69, 9.17) is 4.74 Å². The molecule has 0 spiro atoms. The molecule has 1 aliphatic rings. The van der Waals surface area contributed by atoms with Gasteiger partial charge in [0.05, 0.1) is 13.2 Å². The van der Waals surface area contributed by atoms with Gasteiger partial charge in [0, 0.05) is 51.1 Å². The second-order valence-electron chi connectivity index (χ2n) is 6.06. The Labute approximate surface area is 142 Å². The smallest absolute Gasteiger partial charge is 0.220 e. The summed E-state index contributed by atoms with van der Waals surface area (Å²) < 4.78 is 5.52. The van der Waals surface area contributed by atoms with Crippen molar-refractivity contribution in [3.63, 3.8) is 0 Å². The maximum absolute atomic E-state index is 12.1. The lowest BCUT2D eigenvalue weighted by atomic mass is 10.0. The molecule has 0 aliphatic carbocycles. The third kappa shape index (κ3) is 3.57. The molecule has 3 rings (SSSR count). The Kier molecular flexibility index (Phi) is 5.11. The van der Waals surface area contributed by atoms with E-state index < -0.39 is 0 Å². The van der Waals surface area contributed by atoms with E-state index in [1.54, 1.807) is 14.0 Å². The van der Waals surface area contributed by atoms with Crippen molar-refractivity contribution in [1.29, 1.82) is 0 Å². The number of carbonyl (C=O) groups excluding carboxylic acids is 1. The lowest BCUT2D eigenvalue weighted by Gasteiger charge is -2.41. The van der Waals surface area contributed by atoms with Crippen molar-refractivity contribution in [2.24, 2.45) is 0 Å². The molecule has 1 aliphatic heterocycles. The third-order valence-electron chi connectivity index (χ3n) is 4.52. The summed E-state index contributed by atoms with van der Waals surface area (Å²) in [5.41, 5.74) is 2.30. The van der Waals surface area contributed by atoms with Gasteiger partial charge in [0.1, 0.15) is 5.75 Å². The minimum atomic E-state index is 0.00855. The Bertz CT molecular complexity index is 690. The van der Waals surface area contributed by atoms with Crippen LogP contribution in [-0.4, -0.2) is 47.4 Å². The molecule has 0 bridgehead atoms. The Morgan fingerprint density at radius 1 is 1.21 bits per heavy atom. The molecule has 126 valence electrons. The highest BCUT2D eigenvalue weighted by molar-refractivity contribution is 5.74. The van der Waals surface area contributed by atoms with Gasteiger partial charge in [-0.1, -0.05) is 18.2 Å². The van der Waals surface area contributed by atoms with E-state index in [0.717, 1.165) is 37.5 Å². The van der Waals surface area contributed by atoms with Gasteiger partial charge in [-0.25, -0.2) is 0 Å². The van der Waals surface area contributed by atoms with Crippen LogP contribution in [0, 0.1) is 0 Å². The van der Waals surface area contributed by atoms with Crippen LogP contribution in [-0.2, 0) is 11.3 Å². The molecular weight excluding hydrogens is 302 g/mol. The van der Waals surface area contributed by atoms with E-state index in [-0.39, 0.29) is 11.9 Å². The van der Waals surface area contributed by atoms with Gasteiger partial charge in [-0.15, -0.1) is 0 Å². The van der Waals surface area contributed by atoms with Gasteiger partial charge in [0.2, 0.25) is 5.91 Å². The number of pyridine rings is 1. The second kappa shape index (κ2) is 7.45. The molecule has 1 fully saturated rings. The number of ether oxygens (including phenoxy) is 1. The number of carbonyl (C=O) groups is 1. The van der Waals surface area contributed by atoms with E-state index in [0.29, 0.717) is 0 Å². The van der Waals surface area contributed by atoms with Crippen molar-refractivity contribution in [2.75, 3.05) is 26.7 Å². The van der Waals surface area contributed by atoms with Crippen LogP contribution in [0.4, 0.5) is 0 Å². The minimum absolute atomic E-state index is 0.00855. The van der Waals surface area contributed by atoms with Crippen LogP contribution in [0.15, 0.2) is 48.8 Å². The third-order valence-corrected chi connectivity index (χ3v) is 4.52. The van der Waals surface area contributed by atoms with Gasteiger partial charge < -0.3 is 9.64 Å². The van der Waals surface area contributed by atoms with Gasteiger partial charge in [-0.05, 0) is 23.8 Å². The number of para-hydroxylation sites is 1. The molecule has 0 radical (unpaired) electrons. The van der Waals surface area contributed by atoms with E-state index in [1.807, 2.05) is 47.6 Å². The van der Waals surface area contributed by atoms with E-state index in [1.165, 1.54) is 5.56 Å². The molecule has 5 heteroatoms. The largest absolute Gasteiger partial charge is 0.496 e. The first kappa shape index (κ1) is 16.5. The number of hydrogen-bond donors (Lipinski definition) is 0. The number of piperazine rings is 1. The summed E-state index contributed by atoms with van der Waals surface area (Å²) in [4.78, 5) is 20.5. The predicted octanol–water partition coefficient (Wildman–Crippen LogP) is 2.50. The number of hydrogen-bond acceptors (Lipinski definition) is 4. The average molecular weight is 325 g/mol. The van der Waals surface area contributed by atoms with Gasteiger partial charge in [-0.3, -0.25) is 14.7 Å². The monoisotopic (exact) mass is 325 g/mol. The molecule has 2 heterocycles. The summed E-state index contributed by atoms with van der Waals surface area (Å²) in [5.74, 6) is 0.939. The molecule has 1 aromatic heterocycles. The second-order valence-corrected chi connectivity index (χ2v) is 6.06. The first-order chi connectivity index (χ1) is 11.7. The summed E-state index contributed by atoms with van der Waals surface area (Å²) in [5, 5.41) is 0. The van der Waals surface area contributed by atoms with Crippen LogP contribution >= 0.6 is 0 Å². The van der Waals surface area contributed by atoms with Crippen LogP contribution < -0.4 is 4.74 Å². The predicted molar refractivity (Wildman–Crippen MR) is 92.6 cm³/mol. The number of benzene rings is 1. The molecule has 24 heavy (non-hydrogen) atoms. The van der Waals surface area contributed by atoms with Gasteiger partial charge >= 0.3 is 0 Å². The molecule has 1 atom stereocenters. The molecular formula is C19H23N3O2. The van der Waals surface area contributed by atoms with Crippen LogP contribution in [0.1, 0.15) is 24.1 Å². The summed E-state index contributed by atoms with van der Waals surface area (Å²) in [6, 6.07) is 12.0. The molecule has 1 saturated heterocycles. The molecule has 1 amide bonds. The van der Waals surface area contributed by atoms with E-state index in [9.17, 15) is 4.79 Å². The van der Waals surface area contributed by atoms with E-state index >= 15 is 0 Å². The van der Waals surface area contributed by atoms with Crippen molar-refractivity contribution in [3.8, 4) is 5.75 Å². The van der Waals surface area contributed by atoms with Crippen LogP contribution in [0.2, 0.25) is 0 Å². The van der Waals surface area contributed by atoms with Gasteiger partial charge in [0.15, 0.2) is 0 Å². The highest BCUT2D eigenvalue weighted by Crippen LogP contribution is 2.32. The van der Waals surface area contributed by atoms with Crippen LogP contribution in [0.3, 0.4) is 0 Å². The summed E-state index contributed by atoms with van der Waals surface area (Å²) >= 11 is 0. The lowest BCUT2D eigenvalue weighted by Crippen LogP contribution is -2.49. The fraction of sp³-hybridized carbons (Fsp3) is 0.368. The number of methoxy groups -OCH3 is 1.